The highest BCUT2D eigenvalue weighted by atomic mass is 32.1. The van der Waals surface area contributed by atoms with Crippen molar-refractivity contribution in [2.75, 3.05) is 18.8 Å². The molecular weight excluding hydrogens is 533 g/mol. The second-order valence-corrected chi connectivity index (χ2v) is 9.39. The van der Waals surface area contributed by atoms with Crippen LogP contribution in [-0.2, 0) is 6.18 Å². The lowest BCUT2D eigenvalue weighted by Crippen LogP contribution is -2.42. The lowest BCUT2D eigenvalue weighted by molar-refractivity contribution is -0.136. The summed E-state index contributed by atoms with van der Waals surface area (Å²) in [6.07, 6.45) is -5.50. The van der Waals surface area contributed by atoms with Gasteiger partial charge in [0.05, 0.1) is 29.4 Å². The summed E-state index contributed by atoms with van der Waals surface area (Å²) < 4.78 is 71.7. The number of anilines is 1. The fraction of sp³-hybridized carbons (Fsp3) is 0.261. The first kappa shape index (κ1) is 25.5. The molecule has 4 aromatic rings. The molecule has 3 aromatic heterocycles. The molecule has 2 amide bonds. The molecule has 0 saturated carbocycles. The molecule has 0 unspecified atom stereocenters. The molecule has 1 aliphatic heterocycles. The van der Waals surface area contributed by atoms with Gasteiger partial charge in [-0.2, -0.15) is 18.3 Å². The minimum atomic E-state index is -4.84. The van der Waals surface area contributed by atoms with Crippen LogP contribution in [-0.4, -0.2) is 61.6 Å². The van der Waals surface area contributed by atoms with Gasteiger partial charge in [-0.1, -0.05) is 0 Å². The van der Waals surface area contributed by atoms with Gasteiger partial charge in [0.2, 0.25) is 0 Å². The third kappa shape index (κ3) is 4.42. The van der Waals surface area contributed by atoms with E-state index < -0.39 is 52.9 Å². The average Bonchev–Trinajstić information content (AvgIpc) is 3.58. The molecule has 0 bridgehead atoms. The number of nitrogens with one attached hydrogen (secondary N) is 1. The van der Waals surface area contributed by atoms with E-state index in [1.807, 2.05) is 0 Å². The Morgan fingerprint density at radius 3 is 2.63 bits per heavy atom. The highest BCUT2D eigenvalue weighted by Gasteiger charge is 2.39. The molecule has 38 heavy (non-hydrogen) atoms. The topological polar surface area (TPSA) is 119 Å². The Hall–Kier alpha value is -4.14. The highest BCUT2D eigenvalue weighted by molar-refractivity contribution is 7.07. The van der Waals surface area contributed by atoms with E-state index in [0.717, 1.165) is 23.0 Å². The summed E-state index contributed by atoms with van der Waals surface area (Å²) in [5.41, 5.74) is 4.97. The number of carbonyl (C=O) groups excluding carboxylic acids is 2. The number of benzene rings is 1. The maximum Gasteiger partial charge on any atom is 0.418 e. The number of nitrogen functional groups attached to an aromatic ring is 1. The van der Waals surface area contributed by atoms with E-state index in [1.165, 1.54) is 34.1 Å². The van der Waals surface area contributed by atoms with Crippen LogP contribution >= 0.6 is 11.3 Å². The molecule has 1 aliphatic rings. The summed E-state index contributed by atoms with van der Waals surface area (Å²) in [6, 6.07) is 1.67. The van der Waals surface area contributed by atoms with Crippen LogP contribution in [0.15, 0.2) is 35.4 Å². The number of fused-ring (bicyclic) bond motifs is 1. The number of carbonyl (C=O) groups is 2. The third-order valence-electron chi connectivity index (χ3n) is 6.23. The molecule has 3 N–H and O–H groups in total. The molecule has 0 radical (unpaired) electrons. The fourth-order valence-corrected chi connectivity index (χ4v) is 4.91. The number of rotatable bonds is 4. The molecule has 1 fully saturated rings. The van der Waals surface area contributed by atoms with E-state index in [9.17, 15) is 27.2 Å². The number of amides is 2. The van der Waals surface area contributed by atoms with E-state index in [-0.39, 0.29) is 41.2 Å². The van der Waals surface area contributed by atoms with Crippen molar-refractivity contribution in [3.05, 3.63) is 63.6 Å². The molecule has 1 aromatic carbocycles. The van der Waals surface area contributed by atoms with Crippen LogP contribution in [0.1, 0.15) is 32.0 Å². The van der Waals surface area contributed by atoms with Gasteiger partial charge in [0.25, 0.3) is 11.8 Å². The molecule has 9 nitrogen and oxygen atoms in total. The van der Waals surface area contributed by atoms with Crippen LogP contribution in [0.3, 0.4) is 0 Å². The smallest absolute Gasteiger partial charge is 0.382 e. The van der Waals surface area contributed by atoms with Gasteiger partial charge < -0.3 is 16.0 Å². The summed E-state index contributed by atoms with van der Waals surface area (Å²) in [5, 5.41) is 7.83. The van der Waals surface area contributed by atoms with Crippen molar-refractivity contribution >= 4 is 34.5 Å². The molecule has 4 heterocycles. The SMILES string of the molecule is Cc1cc(F)c(-c2cc(C(F)(F)F)c3c(N)ncnn23)cc1C(=O)N[C@@H]1CN(C(=O)c2cscn2)C[C@@H]1F. The maximum atomic E-state index is 15.0. The molecule has 0 spiro atoms. The molecule has 0 aliphatic carbocycles. The van der Waals surface area contributed by atoms with Gasteiger partial charge in [0.1, 0.15) is 29.5 Å². The average molecular weight is 552 g/mol. The maximum absolute atomic E-state index is 15.0. The fourth-order valence-electron chi connectivity index (χ4n) is 4.38. The zero-order valence-corrected chi connectivity index (χ0v) is 20.3. The summed E-state index contributed by atoms with van der Waals surface area (Å²) in [7, 11) is 0. The number of aromatic nitrogens is 4. The standard InChI is InChI=1S/C23H18F5N7O2S/c1-10-2-14(24)12(18-4-13(23(26,27)28)19-20(29)30-8-32-35(18)19)3-11(10)21(36)33-16-6-34(5-15(16)25)22(37)17-7-38-9-31-17/h2-4,7-9,15-16H,5-6H2,1H3,(H,33,36)(H2,29,30,32)/t15-,16+/m0/s1. The lowest BCUT2D eigenvalue weighted by atomic mass is 10.0. The van der Waals surface area contributed by atoms with Crippen molar-refractivity contribution in [1.29, 1.82) is 0 Å². The van der Waals surface area contributed by atoms with Crippen molar-refractivity contribution in [3.8, 4) is 11.3 Å². The lowest BCUT2D eigenvalue weighted by Gasteiger charge is -2.17. The number of thiazole rings is 1. The van der Waals surface area contributed by atoms with Gasteiger partial charge >= 0.3 is 6.18 Å². The number of likely N-dealkylation sites (tertiary alicyclic amines) is 1. The first-order chi connectivity index (χ1) is 18.0. The zero-order valence-electron chi connectivity index (χ0n) is 19.5. The quantitative estimate of drug-likeness (QED) is 0.375. The highest BCUT2D eigenvalue weighted by Crippen LogP contribution is 2.39. The van der Waals surface area contributed by atoms with E-state index in [2.05, 4.69) is 20.4 Å². The van der Waals surface area contributed by atoms with E-state index >= 15 is 4.39 Å². The number of hydrogen-bond acceptors (Lipinski definition) is 7. The monoisotopic (exact) mass is 551 g/mol. The van der Waals surface area contributed by atoms with Crippen LogP contribution in [0.25, 0.3) is 16.8 Å². The van der Waals surface area contributed by atoms with Crippen LogP contribution < -0.4 is 11.1 Å². The molecule has 1 saturated heterocycles. The minimum absolute atomic E-state index is 0.0941. The summed E-state index contributed by atoms with van der Waals surface area (Å²) >= 11 is 1.21. The van der Waals surface area contributed by atoms with Gasteiger partial charge in [0.15, 0.2) is 5.82 Å². The van der Waals surface area contributed by atoms with Gasteiger partial charge in [-0.05, 0) is 30.7 Å². The normalized spacial score (nSPS) is 17.8. The number of nitrogens with two attached hydrogens (primary N) is 1. The van der Waals surface area contributed by atoms with Crippen molar-refractivity contribution < 1.29 is 31.5 Å². The number of nitrogens with zero attached hydrogens (tertiary/aromatic N) is 5. The largest absolute Gasteiger partial charge is 0.418 e. The predicted octanol–water partition coefficient (Wildman–Crippen LogP) is 3.49. The van der Waals surface area contributed by atoms with Crippen molar-refractivity contribution in [2.24, 2.45) is 0 Å². The number of alkyl halides is 4. The predicted molar refractivity (Wildman–Crippen MR) is 127 cm³/mol. The Morgan fingerprint density at radius 2 is 1.95 bits per heavy atom. The van der Waals surface area contributed by atoms with Gasteiger partial charge in [-0.3, -0.25) is 9.59 Å². The van der Waals surface area contributed by atoms with Crippen LogP contribution in [0.5, 0.6) is 0 Å². The first-order valence-corrected chi connectivity index (χ1v) is 12.0. The van der Waals surface area contributed by atoms with Gasteiger partial charge in [-0.25, -0.2) is 23.3 Å². The van der Waals surface area contributed by atoms with Gasteiger partial charge in [-0.15, -0.1) is 11.3 Å². The molecule has 15 heteroatoms. The van der Waals surface area contributed by atoms with Gasteiger partial charge in [0, 0.05) is 23.1 Å². The van der Waals surface area contributed by atoms with Crippen LogP contribution in [0.2, 0.25) is 0 Å². The van der Waals surface area contributed by atoms with E-state index in [0.29, 0.717) is 6.07 Å². The Balaban J connectivity index is 1.47. The number of hydrogen-bond donors (Lipinski definition) is 2. The van der Waals surface area contributed by atoms with Crippen molar-refractivity contribution in [1.82, 2.24) is 29.8 Å². The first-order valence-electron chi connectivity index (χ1n) is 11.1. The van der Waals surface area contributed by atoms with Crippen molar-refractivity contribution in [3.63, 3.8) is 0 Å². The molecule has 5 rings (SSSR count). The summed E-state index contributed by atoms with van der Waals surface area (Å²) in [6.45, 7) is 1.05. The Labute approximate surface area is 215 Å². The van der Waals surface area contributed by atoms with Crippen LogP contribution in [0, 0.1) is 12.7 Å². The Kier molecular flexibility index (Phi) is 6.25. The molecular formula is C23H18F5N7O2S. The van der Waals surface area contributed by atoms with Crippen LogP contribution in [0.4, 0.5) is 27.8 Å². The molecule has 2 atom stereocenters. The molecule has 198 valence electrons. The number of halogens is 5. The summed E-state index contributed by atoms with van der Waals surface area (Å²) in [5.74, 6) is -2.64. The second kappa shape index (κ2) is 9.31. The van der Waals surface area contributed by atoms with Crippen molar-refractivity contribution in [2.45, 2.75) is 25.3 Å². The van der Waals surface area contributed by atoms with E-state index in [1.54, 1.807) is 0 Å². The Bertz CT molecular complexity index is 1550. The zero-order chi connectivity index (χ0) is 27.4. The third-order valence-corrected chi connectivity index (χ3v) is 6.81. The second-order valence-electron chi connectivity index (χ2n) is 8.67. The Morgan fingerprint density at radius 1 is 1.18 bits per heavy atom. The minimum Gasteiger partial charge on any atom is -0.382 e. The van der Waals surface area contributed by atoms with E-state index in [4.69, 9.17) is 5.73 Å². The summed E-state index contributed by atoms with van der Waals surface area (Å²) in [4.78, 5) is 34.3. The number of aryl methyl sites for hydroxylation is 1.